The molecule has 2 aromatic heterocycles. The van der Waals surface area contributed by atoms with Crippen LogP contribution in [-0.2, 0) is 4.79 Å². The fourth-order valence-electron chi connectivity index (χ4n) is 2.08. The summed E-state index contributed by atoms with van der Waals surface area (Å²) in [5.74, 6) is -0.436. The fraction of sp³-hybridized carbons (Fsp3) is 0.0556. The van der Waals surface area contributed by atoms with Gasteiger partial charge in [-0.15, -0.1) is 22.7 Å². The van der Waals surface area contributed by atoms with Gasteiger partial charge in [-0.05, 0) is 42.1 Å². The van der Waals surface area contributed by atoms with Crippen LogP contribution in [-0.4, -0.2) is 10.9 Å². The number of hydrogen-bond donors (Lipinski definition) is 1. The first kappa shape index (κ1) is 16.1. The standard InChI is InChI=1S/C18H13N3OS2/c1-12-4-2-5-14(8-12)20-17(22)13(10-19)9-15-11-24-18(21-15)16-6-3-7-23-16/h2-9,11H,1H3,(H,20,22). The van der Waals surface area contributed by atoms with Gasteiger partial charge in [0.15, 0.2) is 0 Å². The summed E-state index contributed by atoms with van der Waals surface area (Å²) < 4.78 is 0. The van der Waals surface area contributed by atoms with E-state index in [9.17, 15) is 10.1 Å². The highest BCUT2D eigenvalue weighted by molar-refractivity contribution is 7.20. The van der Waals surface area contributed by atoms with Crippen LogP contribution in [0.5, 0.6) is 0 Å². The molecule has 0 spiro atoms. The second kappa shape index (κ2) is 7.21. The lowest BCUT2D eigenvalue weighted by Crippen LogP contribution is -2.13. The summed E-state index contributed by atoms with van der Waals surface area (Å²) in [6.07, 6.45) is 1.51. The summed E-state index contributed by atoms with van der Waals surface area (Å²) in [4.78, 5) is 17.8. The largest absolute Gasteiger partial charge is 0.321 e. The van der Waals surface area contributed by atoms with Gasteiger partial charge in [-0.25, -0.2) is 4.98 Å². The average Bonchev–Trinajstić information content (AvgIpc) is 3.23. The maximum Gasteiger partial charge on any atom is 0.266 e. The lowest BCUT2D eigenvalue weighted by molar-refractivity contribution is -0.112. The van der Waals surface area contributed by atoms with Crippen LogP contribution in [0.4, 0.5) is 5.69 Å². The van der Waals surface area contributed by atoms with Gasteiger partial charge in [-0.2, -0.15) is 5.26 Å². The van der Waals surface area contributed by atoms with E-state index in [2.05, 4.69) is 10.3 Å². The van der Waals surface area contributed by atoms with Gasteiger partial charge in [0.2, 0.25) is 0 Å². The first-order chi connectivity index (χ1) is 11.7. The summed E-state index contributed by atoms with van der Waals surface area (Å²) in [5.41, 5.74) is 2.34. The molecule has 3 rings (SSSR count). The number of hydrogen-bond acceptors (Lipinski definition) is 5. The van der Waals surface area contributed by atoms with Crippen molar-refractivity contribution in [3.05, 3.63) is 64.0 Å². The molecule has 2 heterocycles. The molecule has 0 fully saturated rings. The molecule has 1 N–H and O–H groups in total. The minimum Gasteiger partial charge on any atom is -0.321 e. The summed E-state index contributed by atoms with van der Waals surface area (Å²) in [6.45, 7) is 1.94. The lowest BCUT2D eigenvalue weighted by atomic mass is 10.2. The van der Waals surface area contributed by atoms with Crippen molar-refractivity contribution in [1.29, 1.82) is 5.26 Å². The van der Waals surface area contributed by atoms with E-state index in [1.807, 2.05) is 54.1 Å². The number of thiophene rings is 1. The van der Waals surface area contributed by atoms with Crippen LogP contribution >= 0.6 is 22.7 Å². The van der Waals surface area contributed by atoms with Gasteiger partial charge in [0.25, 0.3) is 5.91 Å². The van der Waals surface area contributed by atoms with Crippen LogP contribution in [0.3, 0.4) is 0 Å². The van der Waals surface area contributed by atoms with E-state index < -0.39 is 5.91 Å². The Labute approximate surface area is 147 Å². The molecule has 1 amide bonds. The van der Waals surface area contributed by atoms with Crippen molar-refractivity contribution in [2.75, 3.05) is 5.32 Å². The van der Waals surface area contributed by atoms with Gasteiger partial charge >= 0.3 is 0 Å². The van der Waals surface area contributed by atoms with Crippen molar-refractivity contribution in [3.8, 4) is 16.0 Å². The molecule has 118 valence electrons. The fourth-order valence-corrected chi connectivity index (χ4v) is 3.68. The van der Waals surface area contributed by atoms with E-state index >= 15 is 0 Å². The van der Waals surface area contributed by atoms with Gasteiger partial charge in [0.05, 0.1) is 10.6 Å². The molecular formula is C18H13N3OS2. The van der Waals surface area contributed by atoms with Crippen molar-refractivity contribution in [1.82, 2.24) is 4.98 Å². The third kappa shape index (κ3) is 3.77. The van der Waals surface area contributed by atoms with Crippen LogP contribution in [0.2, 0.25) is 0 Å². The Bertz CT molecular complexity index is 933. The smallest absolute Gasteiger partial charge is 0.266 e. The highest BCUT2D eigenvalue weighted by atomic mass is 32.1. The monoisotopic (exact) mass is 351 g/mol. The molecule has 3 aromatic rings. The number of aryl methyl sites for hydroxylation is 1. The van der Waals surface area contributed by atoms with E-state index in [0.29, 0.717) is 11.4 Å². The molecule has 1 aromatic carbocycles. The number of aromatic nitrogens is 1. The molecule has 0 atom stereocenters. The molecule has 0 aliphatic heterocycles. The van der Waals surface area contributed by atoms with Crippen LogP contribution in [0, 0.1) is 18.3 Å². The second-order valence-corrected chi connectivity index (χ2v) is 6.85. The first-order valence-corrected chi connectivity index (χ1v) is 8.91. The second-order valence-electron chi connectivity index (χ2n) is 5.05. The summed E-state index contributed by atoms with van der Waals surface area (Å²) in [5, 5.41) is 16.7. The summed E-state index contributed by atoms with van der Waals surface area (Å²) in [7, 11) is 0. The molecule has 0 aliphatic carbocycles. The van der Waals surface area contributed by atoms with Crippen molar-refractivity contribution in [2.45, 2.75) is 6.92 Å². The maximum atomic E-state index is 12.3. The van der Waals surface area contributed by atoms with Crippen LogP contribution < -0.4 is 5.32 Å². The Hall–Kier alpha value is -2.75. The Morgan fingerprint density at radius 3 is 2.88 bits per heavy atom. The SMILES string of the molecule is Cc1cccc(NC(=O)C(C#N)=Cc2csc(-c3cccs3)n2)c1. The highest BCUT2D eigenvalue weighted by Crippen LogP contribution is 2.28. The van der Waals surface area contributed by atoms with Crippen molar-refractivity contribution in [2.24, 2.45) is 0 Å². The number of carbonyl (C=O) groups excluding carboxylic acids is 1. The van der Waals surface area contributed by atoms with Crippen molar-refractivity contribution >= 4 is 40.3 Å². The predicted molar refractivity (Wildman–Crippen MR) is 98.8 cm³/mol. The van der Waals surface area contributed by atoms with Gasteiger partial charge in [0, 0.05) is 11.1 Å². The molecule has 0 saturated heterocycles. The van der Waals surface area contributed by atoms with Crippen molar-refractivity contribution in [3.63, 3.8) is 0 Å². The Balaban J connectivity index is 1.79. The number of amides is 1. The summed E-state index contributed by atoms with van der Waals surface area (Å²) in [6, 6.07) is 13.3. The van der Waals surface area contributed by atoms with E-state index in [4.69, 9.17) is 0 Å². The van der Waals surface area contributed by atoms with Crippen molar-refractivity contribution < 1.29 is 4.79 Å². The molecule has 0 unspecified atom stereocenters. The zero-order valence-corrected chi connectivity index (χ0v) is 14.4. The topological polar surface area (TPSA) is 65.8 Å². The number of anilines is 1. The third-order valence-electron chi connectivity index (χ3n) is 3.19. The minimum absolute atomic E-state index is 0.0273. The quantitative estimate of drug-likeness (QED) is 0.546. The molecule has 4 nitrogen and oxygen atoms in total. The predicted octanol–water partition coefficient (Wildman–Crippen LogP) is 4.73. The zero-order chi connectivity index (χ0) is 16.9. The molecular weight excluding hydrogens is 338 g/mol. The molecule has 0 radical (unpaired) electrons. The van der Waals surface area contributed by atoms with Gasteiger partial charge in [0.1, 0.15) is 16.6 Å². The van der Waals surface area contributed by atoms with E-state index in [1.54, 1.807) is 17.4 Å². The van der Waals surface area contributed by atoms with E-state index in [-0.39, 0.29) is 5.57 Å². The molecule has 0 bridgehead atoms. The Morgan fingerprint density at radius 1 is 1.29 bits per heavy atom. The number of nitrogens with one attached hydrogen (secondary N) is 1. The summed E-state index contributed by atoms with van der Waals surface area (Å²) >= 11 is 3.10. The number of benzene rings is 1. The lowest BCUT2D eigenvalue weighted by Gasteiger charge is -2.04. The Morgan fingerprint density at radius 2 is 2.17 bits per heavy atom. The Kier molecular flexibility index (Phi) is 4.85. The van der Waals surface area contributed by atoms with Crippen LogP contribution in [0.15, 0.2) is 52.7 Å². The third-order valence-corrected chi connectivity index (χ3v) is 5.09. The molecule has 0 aliphatic rings. The number of carbonyl (C=O) groups is 1. The van der Waals surface area contributed by atoms with Gasteiger partial charge < -0.3 is 5.32 Å². The number of thiazole rings is 1. The van der Waals surface area contributed by atoms with Crippen LogP contribution in [0.1, 0.15) is 11.3 Å². The van der Waals surface area contributed by atoms with Gasteiger partial charge in [-0.1, -0.05) is 18.2 Å². The maximum absolute atomic E-state index is 12.3. The molecule has 6 heteroatoms. The molecule has 0 saturated carbocycles. The van der Waals surface area contributed by atoms with E-state index in [0.717, 1.165) is 15.4 Å². The zero-order valence-electron chi connectivity index (χ0n) is 12.8. The average molecular weight is 351 g/mol. The van der Waals surface area contributed by atoms with Crippen LogP contribution in [0.25, 0.3) is 16.0 Å². The van der Waals surface area contributed by atoms with Gasteiger partial charge in [-0.3, -0.25) is 4.79 Å². The first-order valence-electron chi connectivity index (χ1n) is 7.15. The number of nitriles is 1. The van der Waals surface area contributed by atoms with E-state index in [1.165, 1.54) is 17.4 Å². The normalized spacial score (nSPS) is 11.1. The highest BCUT2D eigenvalue weighted by Gasteiger charge is 2.11. The number of nitrogens with zero attached hydrogens (tertiary/aromatic N) is 2. The minimum atomic E-state index is -0.436. The number of rotatable bonds is 4. The molecule has 24 heavy (non-hydrogen) atoms.